The number of anilines is 2. The van der Waals surface area contributed by atoms with Crippen LogP contribution in [0, 0.1) is 5.92 Å². The van der Waals surface area contributed by atoms with Crippen LogP contribution in [0.15, 0.2) is 42.5 Å². The van der Waals surface area contributed by atoms with Gasteiger partial charge in [-0.3, -0.25) is 9.59 Å². The number of hydrogen-bond acceptors (Lipinski definition) is 3. The fourth-order valence-electron chi connectivity index (χ4n) is 3.46. The van der Waals surface area contributed by atoms with Crippen molar-refractivity contribution in [3.63, 3.8) is 0 Å². The van der Waals surface area contributed by atoms with Crippen LogP contribution in [-0.4, -0.2) is 25.0 Å². The molecule has 5 nitrogen and oxygen atoms in total. The van der Waals surface area contributed by atoms with Crippen molar-refractivity contribution in [3.8, 4) is 5.75 Å². The molecule has 0 bridgehead atoms. The van der Waals surface area contributed by atoms with Crippen LogP contribution in [-0.2, 0) is 11.2 Å². The fraction of sp³-hybridized carbons (Fsp3) is 0.417. The lowest BCUT2D eigenvalue weighted by Gasteiger charge is -2.31. The van der Waals surface area contributed by atoms with Crippen molar-refractivity contribution in [1.82, 2.24) is 0 Å². The van der Waals surface area contributed by atoms with E-state index in [2.05, 4.69) is 12.2 Å². The molecular weight excluding hydrogens is 364 g/mol. The van der Waals surface area contributed by atoms with Crippen LogP contribution in [0.1, 0.15) is 56.0 Å². The Morgan fingerprint density at radius 3 is 2.59 bits per heavy atom. The van der Waals surface area contributed by atoms with E-state index in [1.54, 1.807) is 12.1 Å². The maximum atomic E-state index is 12.6. The van der Waals surface area contributed by atoms with E-state index in [4.69, 9.17) is 4.74 Å². The van der Waals surface area contributed by atoms with Crippen LogP contribution < -0.4 is 15.0 Å². The molecule has 0 saturated heterocycles. The molecule has 0 aromatic heterocycles. The minimum Gasteiger partial charge on any atom is -0.494 e. The standard InChI is InChI=1S/C24H30N2O3/c1-4-5-15-29-21-11-8-18(9-12-21)23(27)25-20-10-13-22-19(16-20)7-6-14-26(22)24(28)17(2)3/h8-13,16-17H,4-7,14-15H2,1-3H3,(H,25,27). The summed E-state index contributed by atoms with van der Waals surface area (Å²) in [7, 11) is 0. The molecule has 1 aliphatic rings. The zero-order chi connectivity index (χ0) is 20.8. The number of benzene rings is 2. The van der Waals surface area contributed by atoms with E-state index in [0.717, 1.165) is 54.9 Å². The lowest BCUT2D eigenvalue weighted by atomic mass is 9.99. The van der Waals surface area contributed by atoms with Gasteiger partial charge in [-0.2, -0.15) is 0 Å². The summed E-state index contributed by atoms with van der Waals surface area (Å²) in [6.07, 6.45) is 3.94. The number of fused-ring (bicyclic) bond motifs is 1. The van der Waals surface area contributed by atoms with Gasteiger partial charge in [0.05, 0.1) is 6.61 Å². The molecule has 0 saturated carbocycles. The van der Waals surface area contributed by atoms with Crippen molar-refractivity contribution in [2.24, 2.45) is 5.92 Å². The van der Waals surface area contributed by atoms with Gasteiger partial charge < -0.3 is 15.0 Å². The number of aryl methyl sites for hydroxylation is 1. The van der Waals surface area contributed by atoms with Gasteiger partial charge in [0.15, 0.2) is 0 Å². The lowest BCUT2D eigenvalue weighted by Crippen LogP contribution is -2.38. The Hall–Kier alpha value is -2.82. The molecule has 5 heteroatoms. The Morgan fingerprint density at radius 1 is 1.14 bits per heavy atom. The Labute approximate surface area is 173 Å². The highest BCUT2D eigenvalue weighted by molar-refractivity contribution is 6.04. The topological polar surface area (TPSA) is 58.6 Å². The molecule has 2 aromatic carbocycles. The third-order valence-electron chi connectivity index (χ3n) is 5.10. The first-order valence-electron chi connectivity index (χ1n) is 10.5. The van der Waals surface area contributed by atoms with Crippen LogP contribution in [0.4, 0.5) is 11.4 Å². The van der Waals surface area contributed by atoms with Crippen molar-refractivity contribution in [2.75, 3.05) is 23.4 Å². The fourth-order valence-corrected chi connectivity index (χ4v) is 3.46. The molecule has 0 radical (unpaired) electrons. The largest absolute Gasteiger partial charge is 0.494 e. The van der Waals surface area contributed by atoms with Gasteiger partial charge in [0.25, 0.3) is 5.91 Å². The average Bonchev–Trinajstić information content (AvgIpc) is 2.73. The second-order valence-electron chi connectivity index (χ2n) is 7.77. The molecule has 1 heterocycles. The predicted molar refractivity (Wildman–Crippen MR) is 117 cm³/mol. The van der Waals surface area contributed by atoms with Crippen LogP contribution >= 0.6 is 0 Å². The minimum atomic E-state index is -0.156. The van der Waals surface area contributed by atoms with E-state index >= 15 is 0 Å². The number of nitrogens with one attached hydrogen (secondary N) is 1. The maximum absolute atomic E-state index is 12.6. The smallest absolute Gasteiger partial charge is 0.255 e. The summed E-state index contributed by atoms with van der Waals surface area (Å²) < 4.78 is 5.64. The summed E-state index contributed by atoms with van der Waals surface area (Å²) in [5, 5.41) is 2.96. The molecule has 0 unspecified atom stereocenters. The molecule has 2 amide bonds. The normalized spacial score (nSPS) is 13.2. The first kappa shape index (κ1) is 20.9. The molecule has 0 fully saturated rings. The number of carbonyl (C=O) groups is 2. The van der Waals surface area contributed by atoms with E-state index in [1.165, 1.54) is 0 Å². The van der Waals surface area contributed by atoms with Gasteiger partial charge >= 0.3 is 0 Å². The van der Waals surface area contributed by atoms with Gasteiger partial charge in [-0.15, -0.1) is 0 Å². The Morgan fingerprint density at radius 2 is 1.90 bits per heavy atom. The second kappa shape index (κ2) is 9.59. The molecule has 2 aromatic rings. The van der Waals surface area contributed by atoms with Crippen molar-refractivity contribution >= 4 is 23.2 Å². The summed E-state index contributed by atoms with van der Waals surface area (Å²) in [6, 6.07) is 13.0. The summed E-state index contributed by atoms with van der Waals surface area (Å²) in [5.41, 5.74) is 3.39. The average molecular weight is 395 g/mol. The van der Waals surface area contributed by atoms with Crippen molar-refractivity contribution in [1.29, 1.82) is 0 Å². The highest BCUT2D eigenvalue weighted by atomic mass is 16.5. The Bertz CT molecular complexity index is 859. The van der Waals surface area contributed by atoms with E-state index in [-0.39, 0.29) is 17.7 Å². The number of amides is 2. The quantitative estimate of drug-likeness (QED) is 0.668. The summed E-state index contributed by atoms with van der Waals surface area (Å²) in [4.78, 5) is 26.9. The van der Waals surface area contributed by atoms with Crippen LogP contribution in [0.2, 0.25) is 0 Å². The monoisotopic (exact) mass is 394 g/mol. The maximum Gasteiger partial charge on any atom is 0.255 e. The third kappa shape index (κ3) is 5.17. The molecular formula is C24H30N2O3. The highest BCUT2D eigenvalue weighted by Crippen LogP contribution is 2.31. The summed E-state index contributed by atoms with van der Waals surface area (Å²) in [6.45, 7) is 7.41. The zero-order valence-electron chi connectivity index (χ0n) is 17.5. The number of carbonyl (C=O) groups excluding carboxylic acids is 2. The van der Waals surface area contributed by atoms with Crippen molar-refractivity contribution in [2.45, 2.75) is 46.5 Å². The Kier molecular flexibility index (Phi) is 6.91. The molecule has 0 atom stereocenters. The van der Waals surface area contributed by atoms with Gasteiger partial charge in [0.1, 0.15) is 5.75 Å². The van der Waals surface area contributed by atoms with Gasteiger partial charge in [-0.1, -0.05) is 27.2 Å². The highest BCUT2D eigenvalue weighted by Gasteiger charge is 2.24. The van der Waals surface area contributed by atoms with E-state index < -0.39 is 0 Å². The Balaban J connectivity index is 1.68. The van der Waals surface area contributed by atoms with Gasteiger partial charge in [0, 0.05) is 29.4 Å². The molecule has 1 aliphatic heterocycles. The molecule has 29 heavy (non-hydrogen) atoms. The van der Waals surface area contributed by atoms with Gasteiger partial charge in [-0.25, -0.2) is 0 Å². The molecule has 0 aliphatic carbocycles. The number of ether oxygens (including phenoxy) is 1. The number of rotatable bonds is 7. The number of unbranched alkanes of at least 4 members (excludes halogenated alkanes) is 1. The van der Waals surface area contributed by atoms with Crippen molar-refractivity contribution < 1.29 is 14.3 Å². The zero-order valence-corrected chi connectivity index (χ0v) is 17.5. The molecule has 3 rings (SSSR count). The SMILES string of the molecule is CCCCOc1ccc(C(=O)Nc2ccc3c(c2)CCCN3C(=O)C(C)C)cc1. The van der Waals surface area contributed by atoms with Crippen LogP contribution in [0.3, 0.4) is 0 Å². The first-order valence-corrected chi connectivity index (χ1v) is 10.5. The molecule has 154 valence electrons. The summed E-state index contributed by atoms with van der Waals surface area (Å²) >= 11 is 0. The second-order valence-corrected chi connectivity index (χ2v) is 7.77. The molecule has 1 N–H and O–H groups in total. The van der Waals surface area contributed by atoms with Gasteiger partial charge in [-0.05, 0) is 67.3 Å². The van der Waals surface area contributed by atoms with Crippen molar-refractivity contribution in [3.05, 3.63) is 53.6 Å². The number of hydrogen-bond donors (Lipinski definition) is 1. The first-order chi connectivity index (χ1) is 14.0. The van der Waals surface area contributed by atoms with Crippen LogP contribution in [0.5, 0.6) is 5.75 Å². The lowest BCUT2D eigenvalue weighted by molar-refractivity contribution is -0.121. The van der Waals surface area contributed by atoms with Gasteiger partial charge in [0.2, 0.25) is 5.91 Å². The molecule has 0 spiro atoms. The number of nitrogens with zero attached hydrogens (tertiary/aromatic N) is 1. The predicted octanol–water partition coefficient (Wildman–Crippen LogP) is 5.05. The van der Waals surface area contributed by atoms with E-state index in [9.17, 15) is 9.59 Å². The van der Waals surface area contributed by atoms with E-state index in [0.29, 0.717) is 12.2 Å². The minimum absolute atomic E-state index is 0.0331. The third-order valence-corrected chi connectivity index (χ3v) is 5.10. The summed E-state index contributed by atoms with van der Waals surface area (Å²) in [5.74, 6) is 0.730. The van der Waals surface area contributed by atoms with E-state index in [1.807, 2.05) is 49.1 Å². The van der Waals surface area contributed by atoms with Crippen LogP contribution in [0.25, 0.3) is 0 Å².